The van der Waals surface area contributed by atoms with Crippen LogP contribution in [-0.2, 0) is 32.6 Å². The van der Waals surface area contributed by atoms with Crippen LogP contribution in [0.1, 0.15) is 30.5 Å². The number of hydrogen-bond donors (Lipinski definition) is 1. The second-order valence-electron chi connectivity index (χ2n) is 10.4. The molecule has 1 atom stereocenters. The van der Waals surface area contributed by atoms with Crippen molar-refractivity contribution >= 4 is 39.1 Å². The summed E-state index contributed by atoms with van der Waals surface area (Å²) in [5.41, 5.74) is 2.64. The van der Waals surface area contributed by atoms with E-state index in [-0.39, 0.29) is 30.5 Å². The average molecular weight is 600 g/mol. The molecule has 0 unspecified atom stereocenters. The number of amides is 2. The lowest BCUT2D eigenvalue weighted by Gasteiger charge is -2.33. The minimum atomic E-state index is -3.88. The first kappa shape index (κ1) is 32.0. The molecule has 0 aliphatic carbocycles. The van der Waals surface area contributed by atoms with Gasteiger partial charge in [-0.2, -0.15) is 0 Å². The Morgan fingerprint density at radius 2 is 1.66 bits per heavy atom. The minimum Gasteiger partial charge on any atom is -0.497 e. The molecular formula is C31H38ClN3O5S. The number of nitrogens with one attached hydrogen (secondary N) is 1. The Bertz CT molecular complexity index is 1450. The van der Waals surface area contributed by atoms with Gasteiger partial charge in [0, 0.05) is 24.5 Å². The fourth-order valence-corrected chi connectivity index (χ4v) is 5.31. The number of carbonyl (C=O) groups is 2. The van der Waals surface area contributed by atoms with E-state index in [0.29, 0.717) is 17.3 Å². The molecule has 0 aliphatic heterocycles. The van der Waals surface area contributed by atoms with Crippen LogP contribution in [-0.4, -0.2) is 57.6 Å². The molecule has 2 amide bonds. The molecule has 3 aromatic rings. The molecule has 0 saturated carbocycles. The monoisotopic (exact) mass is 599 g/mol. The lowest BCUT2D eigenvalue weighted by atomic mass is 10.0. The van der Waals surface area contributed by atoms with E-state index in [9.17, 15) is 18.0 Å². The number of aryl methyl sites for hydroxylation is 1. The third-order valence-electron chi connectivity index (χ3n) is 6.57. The van der Waals surface area contributed by atoms with Crippen LogP contribution >= 0.6 is 11.6 Å². The summed E-state index contributed by atoms with van der Waals surface area (Å²) in [5.74, 6) is -0.0460. The highest BCUT2D eigenvalue weighted by molar-refractivity contribution is 7.92. The van der Waals surface area contributed by atoms with Gasteiger partial charge < -0.3 is 15.0 Å². The Labute approximate surface area is 248 Å². The number of ether oxygens (including phenoxy) is 1. The van der Waals surface area contributed by atoms with Gasteiger partial charge in [0.1, 0.15) is 18.3 Å². The molecule has 8 nitrogen and oxygen atoms in total. The van der Waals surface area contributed by atoms with Gasteiger partial charge in [-0.25, -0.2) is 8.42 Å². The molecule has 0 heterocycles. The van der Waals surface area contributed by atoms with Crippen molar-refractivity contribution in [1.82, 2.24) is 10.2 Å². The van der Waals surface area contributed by atoms with Gasteiger partial charge in [-0.15, -0.1) is 0 Å². The van der Waals surface area contributed by atoms with Crippen molar-refractivity contribution in [1.29, 1.82) is 0 Å². The summed E-state index contributed by atoms with van der Waals surface area (Å²) in [6, 6.07) is 20.6. The van der Waals surface area contributed by atoms with Crippen LogP contribution in [0.3, 0.4) is 0 Å². The van der Waals surface area contributed by atoms with Crippen LogP contribution in [0, 0.1) is 12.8 Å². The van der Waals surface area contributed by atoms with E-state index in [1.165, 1.54) is 11.0 Å². The topological polar surface area (TPSA) is 96.0 Å². The maximum Gasteiger partial charge on any atom is 0.244 e. The van der Waals surface area contributed by atoms with Gasteiger partial charge >= 0.3 is 0 Å². The van der Waals surface area contributed by atoms with Crippen molar-refractivity contribution < 1.29 is 22.7 Å². The summed E-state index contributed by atoms with van der Waals surface area (Å²) in [5, 5.41) is 3.35. The number of rotatable bonds is 13. The van der Waals surface area contributed by atoms with Gasteiger partial charge in [-0.05, 0) is 53.8 Å². The molecule has 220 valence electrons. The maximum atomic E-state index is 14.1. The molecule has 0 spiro atoms. The number of hydrogen-bond acceptors (Lipinski definition) is 5. The van der Waals surface area contributed by atoms with E-state index >= 15 is 0 Å². The van der Waals surface area contributed by atoms with Crippen molar-refractivity contribution in [2.75, 3.05) is 30.8 Å². The van der Waals surface area contributed by atoms with Crippen LogP contribution in [0.2, 0.25) is 5.02 Å². The zero-order chi connectivity index (χ0) is 30.2. The molecule has 0 bridgehead atoms. The standard InChI is InChI=1S/C31H38ClN3O5S/c1-22(2)19-33-31(37)29(17-24-10-7-6-8-11-24)34(20-25-12-9-13-27(16-25)40-4)30(36)21-35(41(5,38)39)26-15-14-23(3)28(32)18-26/h6-16,18,22,29H,17,19-21H2,1-5H3,(H,33,37)/t29-/m1/s1. The molecule has 0 radical (unpaired) electrons. The van der Waals surface area contributed by atoms with Gasteiger partial charge in [0.25, 0.3) is 0 Å². The summed E-state index contributed by atoms with van der Waals surface area (Å²) in [7, 11) is -2.33. The average Bonchev–Trinajstić information content (AvgIpc) is 2.93. The minimum absolute atomic E-state index is 0.0644. The zero-order valence-corrected chi connectivity index (χ0v) is 25.7. The highest BCUT2D eigenvalue weighted by atomic mass is 35.5. The van der Waals surface area contributed by atoms with E-state index in [0.717, 1.165) is 27.3 Å². The Balaban J connectivity index is 2.07. The van der Waals surface area contributed by atoms with Crippen molar-refractivity contribution in [3.63, 3.8) is 0 Å². The second kappa shape index (κ2) is 14.4. The predicted molar refractivity (Wildman–Crippen MR) is 164 cm³/mol. The molecule has 0 aromatic heterocycles. The van der Waals surface area contributed by atoms with Crippen LogP contribution in [0.25, 0.3) is 0 Å². The fourth-order valence-electron chi connectivity index (χ4n) is 4.29. The predicted octanol–water partition coefficient (Wildman–Crippen LogP) is 4.84. The number of methoxy groups -OCH3 is 1. The number of anilines is 1. The second-order valence-corrected chi connectivity index (χ2v) is 12.7. The van der Waals surface area contributed by atoms with E-state index in [4.69, 9.17) is 16.3 Å². The smallest absolute Gasteiger partial charge is 0.244 e. The first-order valence-corrected chi connectivity index (χ1v) is 15.6. The summed E-state index contributed by atoms with van der Waals surface area (Å²) in [6.45, 7) is 5.77. The van der Waals surface area contributed by atoms with Crippen LogP contribution < -0.4 is 14.4 Å². The molecule has 1 N–H and O–H groups in total. The van der Waals surface area contributed by atoms with E-state index in [1.807, 2.05) is 57.2 Å². The molecule has 41 heavy (non-hydrogen) atoms. The van der Waals surface area contributed by atoms with Gasteiger partial charge in [-0.3, -0.25) is 13.9 Å². The SMILES string of the molecule is COc1cccc(CN(C(=O)CN(c2ccc(C)c(Cl)c2)S(C)(=O)=O)[C@H](Cc2ccccc2)C(=O)NCC(C)C)c1. The lowest BCUT2D eigenvalue weighted by Crippen LogP contribution is -2.53. The number of halogens is 1. The van der Waals surface area contributed by atoms with E-state index < -0.39 is 28.5 Å². The first-order chi connectivity index (χ1) is 19.4. The van der Waals surface area contributed by atoms with Gasteiger partial charge in [-0.1, -0.05) is 74.0 Å². The molecule has 0 fully saturated rings. The first-order valence-electron chi connectivity index (χ1n) is 13.4. The molecule has 3 rings (SSSR count). The van der Waals surface area contributed by atoms with E-state index in [2.05, 4.69) is 5.32 Å². The highest BCUT2D eigenvalue weighted by Crippen LogP contribution is 2.26. The summed E-state index contributed by atoms with van der Waals surface area (Å²) >= 11 is 6.30. The molecular weight excluding hydrogens is 562 g/mol. The number of carbonyl (C=O) groups excluding carboxylic acids is 2. The van der Waals surface area contributed by atoms with Crippen molar-refractivity contribution in [2.24, 2.45) is 5.92 Å². The Hall–Kier alpha value is -3.56. The van der Waals surface area contributed by atoms with Crippen LogP contribution in [0.5, 0.6) is 5.75 Å². The fraction of sp³-hybridized carbons (Fsp3) is 0.355. The number of sulfonamides is 1. The Morgan fingerprint density at radius 1 is 0.976 bits per heavy atom. The van der Waals surface area contributed by atoms with Crippen molar-refractivity contribution in [3.05, 3.63) is 94.5 Å². The molecule has 3 aromatic carbocycles. The largest absolute Gasteiger partial charge is 0.497 e. The van der Waals surface area contributed by atoms with Crippen molar-refractivity contribution in [3.8, 4) is 5.75 Å². The zero-order valence-electron chi connectivity index (χ0n) is 24.1. The normalized spacial score (nSPS) is 12.1. The Kier molecular flexibility index (Phi) is 11.2. The van der Waals surface area contributed by atoms with Crippen LogP contribution in [0.4, 0.5) is 5.69 Å². The molecule has 0 saturated heterocycles. The number of nitrogens with zero attached hydrogens (tertiary/aromatic N) is 2. The van der Waals surface area contributed by atoms with E-state index in [1.54, 1.807) is 37.4 Å². The highest BCUT2D eigenvalue weighted by Gasteiger charge is 2.33. The van der Waals surface area contributed by atoms with Gasteiger partial charge in [0.05, 0.1) is 19.1 Å². The third-order valence-corrected chi connectivity index (χ3v) is 8.11. The summed E-state index contributed by atoms with van der Waals surface area (Å²) in [6.07, 6.45) is 1.28. The lowest BCUT2D eigenvalue weighted by molar-refractivity contribution is -0.140. The molecule has 0 aliphatic rings. The van der Waals surface area contributed by atoms with Crippen molar-refractivity contribution in [2.45, 2.75) is 39.8 Å². The van der Waals surface area contributed by atoms with Crippen LogP contribution in [0.15, 0.2) is 72.8 Å². The molecule has 10 heteroatoms. The van der Waals surface area contributed by atoms with Gasteiger partial charge in [0.15, 0.2) is 0 Å². The quantitative estimate of drug-likeness (QED) is 0.303. The Morgan fingerprint density at radius 3 is 2.27 bits per heavy atom. The summed E-state index contributed by atoms with van der Waals surface area (Å²) < 4.78 is 32.2. The third kappa shape index (κ3) is 9.23. The summed E-state index contributed by atoms with van der Waals surface area (Å²) in [4.78, 5) is 29.3. The number of benzene rings is 3. The van der Waals surface area contributed by atoms with Gasteiger partial charge in [0.2, 0.25) is 21.8 Å². The maximum absolute atomic E-state index is 14.1.